The molecule has 0 saturated carbocycles. The van der Waals surface area contributed by atoms with Crippen LogP contribution in [-0.4, -0.2) is 20.9 Å². The molecule has 0 radical (unpaired) electrons. The molecule has 2 aromatic rings. The molecule has 0 aliphatic rings. The molecule has 6 heteroatoms. The number of aryl methyl sites for hydroxylation is 1. The van der Waals surface area contributed by atoms with Gasteiger partial charge < -0.3 is 9.84 Å². The molecule has 0 unspecified atom stereocenters. The number of carboxylic acids is 1. The van der Waals surface area contributed by atoms with Crippen molar-refractivity contribution in [2.75, 3.05) is 0 Å². The van der Waals surface area contributed by atoms with Gasteiger partial charge in [0.1, 0.15) is 17.9 Å². The summed E-state index contributed by atoms with van der Waals surface area (Å²) >= 11 is 5.77. The second-order valence-corrected chi connectivity index (χ2v) is 4.38. The average Bonchev–Trinajstić information content (AvgIpc) is 2.85. The van der Waals surface area contributed by atoms with Gasteiger partial charge in [-0.3, -0.25) is 4.68 Å². The molecule has 2 rings (SSSR count). The zero-order valence-electron chi connectivity index (χ0n) is 10.3. The summed E-state index contributed by atoms with van der Waals surface area (Å²) in [6, 6.07) is 4.52. The van der Waals surface area contributed by atoms with Gasteiger partial charge in [-0.05, 0) is 25.1 Å². The van der Waals surface area contributed by atoms with E-state index in [1.165, 1.54) is 6.07 Å². The lowest BCUT2D eigenvalue weighted by Gasteiger charge is -2.08. The van der Waals surface area contributed by atoms with Gasteiger partial charge in [0.05, 0.1) is 6.20 Å². The summed E-state index contributed by atoms with van der Waals surface area (Å²) in [7, 11) is 0. The summed E-state index contributed by atoms with van der Waals surface area (Å²) in [6.45, 7) is 3.03. The van der Waals surface area contributed by atoms with Crippen LogP contribution in [0.5, 0.6) is 5.75 Å². The summed E-state index contributed by atoms with van der Waals surface area (Å²) in [5.74, 6) is -0.775. The lowest BCUT2D eigenvalue weighted by atomic mass is 10.2. The van der Waals surface area contributed by atoms with Crippen LogP contribution in [0.4, 0.5) is 0 Å². The number of aromatic carboxylic acids is 1. The number of ether oxygens (including phenoxy) is 1. The normalized spacial score (nSPS) is 10.4. The van der Waals surface area contributed by atoms with Crippen LogP contribution in [0.1, 0.15) is 22.8 Å². The molecule has 0 aliphatic carbocycles. The predicted octanol–water partition coefficient (Wildman–Crippen LogP) is 2.83. The number of benzene rings is 1. The first-order valence-corrected chi connectivity index (χ1v) is 6.15. The van der Waals surface area contributed by atoms with E-state index in [-0.39, 0.29) is 12.2 Å². The van der Waals surface area contributed by atoms with E-state index in [0.29, 0.717) is 10.8 Å². The van der Waals surface area contributed by atoms with Crippen molar-refractivity contribution >= 4 is 17.6 Å². The van der Waals surface area contributed by atoms with E-state index >= 15 is 0 Å². The highest BCUT2D eigenvalue weighted by Crippen LogP contribution is 2.23. The number of aromatic nitrogens is 2. The summed E-state index contributed by atoms with van der Waals surface area (Å²) in [4.78, 5) is 11.1. The van der Waals surface area contributed by atoms with E-state index in [4.69, 9.17) is 21.4 Å². The molecule has 1 N–H and O–H groups in total. The Labute approximate surface area is 115 Å². The third-order valence-corrected chi connectivity index (χ3v) is 2.81. The average molecular weight is 281 g/mol. The molecule has 0 aliphatic heterocycles. The molecule has 1 heterocycles. The number of hydrogen-bond donors (Lipinski definition) is 1. The van der Waals surface area contributed by atoms with Gasteiger partial charge >= 0.3 is 5.97 Å². The minimum Gasteiger partial charge on any atom is -0.488 e. The lowest BCUT2D eigenvalue weighted by molar-refractivity contribution is 0.0692. The van der Waals surface area contributed by atoms with Crippen molar-refractivity contribution in [1.82, 2.24) is 9.78 Å². The van der Waals surface area contributed by atoms with E-state index in [9.17, 15) is 4.79 Å². The lowest BCUT2D eigenvalue weighted by Crippen LogP contribution is -2.03. The Kier molecular flexibility index (Phi) is 4.06. The molecular weight excluding hydrogens is 268 g/mol. The molecule has 1 aromatic carbocycles. The van der Waals surface area contributed by atoms with Crippen LogP contribution in [0.3, 0.4) is 0 Å². The first-order valence-electron chi connectivity index (χ1n) is 5.77. The number of halogens is 1. The third kappa shape index (κ3) is 3.26. The molecule has 5 nitrogen and oxygen atoms in total. The van der Waals surface area contributed by atoms with E-state index in [1.807, 2.05) is 13.1 Å². The van der Waals surface area contributed by atoms with Gasteiger partial charge in [0, 0.05) is 23.3 Å². The second-order valence-electron chi connectivity index (χ2n) is 3.94. The van der Waals surface area contributed by atoms with Crippen LogP contribution in [0.15, 0.2) is 30.6 Å². The van der Waals surface area contributed by atoms with E-state index < -0.39 is 5.97 Å². The number of nitrogens with zero attached hydrogens (tertiary/aromatic N) is 2. The summed E-state index contributed by atoms with van der Waals surface area (Å²) in [5.41, 5.74) is 0.934. The Balaban J connectivity index is 2.12. The van der Waals surface area contributed by atoms with Gasteiger partial charge in [0.2, 0.25) is 0 Å². The standard InChI is InChI=1S/C13H13ClN2O3/c1-2-16-7-9(6-15-16)8-19-12-4-3-10(14)5-11(12)13(17)18/h3-7H,2,8H2,1H3,(H,17,18). The molecule has 0 bridgehead atoms. The van der Waals surface area contributed by atoms with Crippen LogP contribution >= 0.6 is 11.6 Å². The predicted molar refractivity (Wildman–Crippen MR) is 70.6 cm³/mol. The minimum atomic E-state index is -1.07. The quantitative estimate of drug-likeness (QED) is 0.915. The zero-order valence-corrected chi connectivity index (χ0v) is 11.1. The highest BCUT2D eigenvalue weighted by Gasteiger charge is 2.12. The summed E-state index contributed by atoms with van der Waals surface area (Å²) < 4.78 is 7.28. The topological polar surface area (TPSA) is 64.3 Å². The SMILES string of the molecule is CCn1cc(COc2ccc(Cl)cc2C(=O)O)cn1. The fourth-order valence-corrected chi connectivity index (χ4v) is 1.78. The Hall–Kier alpha value is -2.01. The number of rotatable bonds is 5. The van der Waals surface area contributed by atoms with E-state index in [1.54, 1.807) is 23.0 Å². The molecule has 0 saturated heterocycles. The van der Waals surface area contributed by atoms with Gasteiger partial charge in [0.25, 0.3) is 0 Å². The molecule has 0 atom stereocenters. The zero-order chi connectivity index (χ0) is 13.8. The molecule has 0 amide bonds. The van der Waals surface area contributed by atoms with Gasteiger partial charge in [-0.15, -0.1) is 0 Å². The Morgan fingerprint density at radius 3 is 2.95 bits per heavy atom. The van der Waals surface area contributed by atoms with Crippen molar-refractivity contribution < 1.29 is 14.6 Å². The van der Waals surface area contributed by atoms with Crippen molar-refractivity contribution in [2.45, 2.75) is 20.1 Å². The molecule has 19 heavy (non-hydrogen) atoms. The minimum absolute atomic E-state index is 0.0513. The van der Waals surface area contributed by atoms with Crippen molar-refractivity contribution in [3.05, 3.63) is 46.7 Å². The monoisotopic (exact) mass is 280 g/mol. The van der Waals surface area contributed by atoms with Gasteiger partial charge in [-0.2, -0.15) is 5.10 Å². The van der Waals surface area contributed by atoms with Crippen molar-refractivity contribution in [1.29, 1.82) is 0 Å². The van der Waals surface area contributed by atoms with Crippen molar-refractivity contribution in [3.8, 4) is 5.75 Å². The number of carbonyl (C=O) groups is 1. The smallest absolute Gasteiger partial charge is 0.339 e. The van der Waals surface area contributed by atoms with Crippen LogP contribution in [0.2, 0.25) is 5.02 Å². The highest BCUT2D eigenvalue weighted by atomic mass is 35.5. The summed E-state index contributed by atoms with van der Waals surface area (Å²) in [6.07, 6.45) is 3.55. The maximum absolute atomic E-state index is 11.1. The maximum atomic E-state index is 11.1. The van der Waals surface area contributed by atoms with Gasteiger partial charge in [-0.25, -0.2) is 4.79 Å². The Morgan fingerprint density at radius 2 is 2.32 bits per heavy atom. The highest BCUT2D eigenvalue weighted by molar-refractivity contribution is 6.31. The van der Waals surface area contributed by atoms with Crippen LogP contribution in [0.25, 0.3) is 0 Å². The van der Waals surface area contributed by atoms with Gasteiger partial charge in [-0.1, -0.05) is 11.6 Å². The maximum Gasteiger partial charge on any atom is 0.339 e. The first-order chi connectivity index (χ1) is 9.10. The van der Waals surface area contributed by atoms with Gasteiger partial charge in [0.15, 0.2) is 0 Å². The molecule has 100 valence electrons. The molecule has 0 fully saturated rings. The Morgan fingerprint density at radius 1 is 1.53 bits per heavy atom. The largest absolute Gasteiger partial charge is 0.488 e. The number of carboxylic acid groups (broad SMARTS) is 1. The Bertz CT molecular complexity index is 595. The van der Waals surface area contributed by atoms with E-state index in [0.717, 1.165) is 12.1 Å². The van der Waals surface area contributed by atoms with Crippen molar-refractivity contribution in [2.24, 2.45) is 0 Å². The van der Waals surface area contributed by atoms with Crippen LogP contribution < -0.4 is 4.74 Å². The molecule has 1 aromatic heterocycles. The number of hydrogen-bond acceptors (Lipinski definition) is 3. The van der Waals surface area contributed by atoms with Crippen LogP contribution in [0, 0.1) is 0 Å². The van der Waals surface area contributed by atoms with Crippen LogP contribution in [-0.2, 0) is 13.2 Å². The fourth-order valence-electron chi connectivity index (χ4n) is 1.61. The fraction of sp³-hybridized carbons (Fsp3) is 0.231. The third-order valence-electron chi connectivity index (χ3n) is 2.58. The molecule has 0 spiro atoms. The summed E-state index contributed by atoms with van der Waals surface area (Å²) in [5, 5.41) is 13.6. The van der Waals surface area contributed by atoms with E-state index in [2.05, 4.69) is 5.10 Å². The molecular formula is C13H13ClN2O3. The first kappa shape index (κ1) is 13.4. The second kappa shape index (κ2) is 5.75. The van der Waals surface area contributed by atoms with Crippen molar-refractivity contribution in [3.63, 3.8) is 0 Å².